The molecule has 1 aromatic heterocycles. The van der Waals surface area contributed by atoms with Crippen LogP contribution in [0.2, 0.25) is 0 Å². The molecular weight excluding hydrogens is 168 g/mol. The minimum Gasteiger partial charge on any atom is -0.384 e. The second kappa shape index (κ2) is 4.87. The molecule has 0 bridgehead atoms. The minimum atomic E-state index is -0.309. The Morgan fingerprint density at radius 1 is 1.54 bits per heavy atom. The van der Waals surface area contributed by atoms with Gasteiger partial charge in [0.1, 0.15) is 5.82 Å². The maximum absolute atomic E-state index is 8.62. The fraction of sp³-hybridized carbons (Fsp3) is 0.667. The maximum atomic E-state index is 8.62. The molecule has 0 aromatic carbocycles. The summed E-state index contributed by atoms with van der Waals surface area (Å²) in [5.41, 5.74) is 0.997. The largest absolute Gasteiger partial charge is 0.384 e. The van der Waals surface area contributed by atoms with Crippen LogP contribution >= 0.6 is 0 Å². The molecule has 1 aromatic rings. The molecule has 1 N–H and O–H groups in total. The standard InChI is InChI=1S/C9H16N2O2/c1-3-5-9-10-8(4-2)6-11(9)13-7-12/h6,12H,3-5,7H2,1-2H3. The Morgan fingerprint density at radius 3 is 2.85 bits per heavy atom. The first kappa shape index (κ1) is 10.1. The highest BCUT2D eigenvalue weighted by Crippen LogP contribution is 2.04. The summed E-state index contributed by atoms with van der Waals surface area (Å²) in [5.74, 6) is 0.883. The van der Waals surface area contributed by atoms with Crippen molar-refractivity contribution in [3.8, 4) is 0 Å². The number of imidazole rings is 1. The lowest BCUT2D eigenvalue weighted by molar-refractivity contribution is -0.0152. The van der Waals surface area contributed by atoms with E-state index in [1.165, 1.54) is 0 Å². The fourth-order valence-corrected chi connectivity index (χ4v) is 1.19. The zero-order valence-corrected chi connectivity index (χ0v) is 8.16. The lowest BCUT2D eigenvalue weighted by atomic mass is 10.3. The van der Waals surface area contributed by atoms with Crippen molar-refractivity contribution in [2.75, 3.05) is 6.79 Å². The zero-order valence-electron chi connectivity index (χ0n) is 8.16. The van der Waals surface area contributed by atoms with Crippen LogP contribution in [-0.4, -0.2) is 21.6 Å². The average Bonchev–Trinajstić information content (AvgIpc) is 2.50. The number of aromatic nitrogens is 2. The first-order valence-corrected chi connectivity index (χ1v) is 4.63. The van der Waals surface area contributed by atoms with Gasteiger partial charge in [-0.2, -0.15) is 4.73 Å². The third-order valence-electron chi connectivity index (χ3n) is 1.83. The topological polar surface area (TPSA) is 47.3 Å². The van der Waals surface area contributed by atoms with Gasteiger partial charge in [-0.05, 0) is 12.8 Å². The summed E-state index contributed by atoms with van der Waals surface area (Å²) < 4.78 is 1.56. The van der Waals surface area contributed by atoms with E-state index >= 15 is 0 Å². The number of aliphatic hydroxyl groups excluding tert-OH is 1. The first-order chi connectivity index (χ1) is 6.31. The third-order valence-corrected chi connectivity index (χ3v) is 1.83. The van der Waals surface area contributed by atoms with Crippen molar-refractivity contribution >= 4 is 0 Å². The molecule has 0 saturated carbocycles. The van der Waals surface area contributed by atoms with E-state index in [0.717, 1.165) is 30.8 Å². The second-order valence-electron chi connectivity index (χ2n) is 2.84. The van der Waals surface area contributed by atoms with Gasteiger partial charge in [-0.15, -0.1) is 0 Å². The lowest BCUT2D eigenvalue weighted by Crippen LogP contribution is -2.14. The summed E-state index contributed by atoms with van der Waals surface area (Å²) in [4.78, 5) is 9.35. The summed E-state index contributed by atoms with van der Waals surface area (Å²) in [7, 11) is 0. The van der Waals surface area contributed by atoms with Crippen LogP contribution in [0, 0.1) is 0 Å². The number of hydrogen-bond donors (Lipinski definition) is 1. The summed E-state index contributed by atoms with van der Waals surface area (Å²) in [6.07, 6.45) is 4.61. The zero-order chi connectivity index (χ0) is 9.68. The van der Waals surface area contributed by atoms with E-state index in [0.29, 0.717) is 0 Å². The number of rotatable bonds is 5. The van der Waals surface area contributed by atoms with Crippen LogP contribution in [0.3, 0.4) is 0 Å². The Labute approximate surface area is 78.1 Å². The number of aliphatic hydroxyl groups is 1. The summed E-state index contributed by atoms with van der Waals surface area (Å²) in [6.45, 7) is 3.82. The predicted molar refractivity (Wildman–Crippen MR) is 49.3 cm³/mol. The molecular formula is C9H16N2O2. The molecule has 1 rings (SSSR count). The van der Waals surface area contributed by atoms with Crippen LogP contribution in [-0.2, 0) is 12.8 Å². The molecule has 0 saturated heterocycles. The van der Waals surface area contributed by atoms with E-state index in [4.69, 9.17) is 9.94 Å². The summed E-state index contributed by atoms with van der Waals surface area (Å²) in [5, 5.41) is 8.62. The van der Waals surface area contributed by atoms with E-state index in [-0.39, 0.29) is 6.79 Å². The Kier molecular flexibility index (Phi) is 3.76. The molecule has 13 heavy (non-hydrogen) atoms. The van der Waals surface area contributed by atoms with E-state index in [1.54, 1.807) is 4.73 Å². The van der Waals surface area contributed by atoms with Gasteiger partial charge in [0.2, 0.25) is 6.79 Å². The minimum absolute atomic E-state index is 0.309. The Hall–Kier alpha value is -1.03. The van der Waals surface area contributed by atoms with Crippen molar-refractivity contribution in [2.24, 2.45) is 0 Å². The molecule has 1 heterocycles. The monoisotopic (exact) mass is 184 g/mol. The normalized spacial score (nSPS) is 10.4. The molecule has 74 valence electrons. The van der Waals surface area contributed by atoms with Gasteiger partial charge in [0, 0.05) is 6.42 Å². The highest BCUT2D eigenvalue weighted by molar-refractivity contribution is 5.02. The van der Waals surface area contributed by atoms with Gasteiger partial charge in [0.15, 0.2) is 0 Å². The molecule has 0 amide bonds. The summed E-state index contributed by atoms with van der Waals surface area (Å²) in [6, 6.07) is 0. The van der Waals surface area contributed by atoms with Crippen LogP contribution in [0.4, 0.5) is 0 Å². The Bertz CT molecular complexity index is 235. The van der Waals surface area contributed by atoms with E-state index < -0.39 is 0 Å². The van der Waals surface area contributed by atoms with Gasteiger partial charge >= 0.3 is 0 Å². The Balaban J connectivity index is 2.79. The second-order valence-corrected chi connectivity index (χ2v) is 2.84. The van der Waals surface area contributed by atoms with Crippen molar-refractivity contribution in [1.82, 2.24) is 9.71 Å². The van der Waals surface area contributed by atoms with Crippen molar-refractivity contribution in [1.29, 1.82) is 0 Å². The molecule has 4 heteroatoms. The predicted octanol–water partition coefficient (Wildman–Crippen LogP) is 0.776. The first-order valence-electron chi connectivity index (χ1n) is 4.63. The van der Waals surface area contributed by atoms with Crippen molar-refractivity contribution in [3.05, 3.63) is 17.7 Å². The smallest absolute Gasteiger partial charge is 0.212 e. The van der Waals surface area contributed by atoms with Crippen LogP contribution in [0.15, 0.2) is 6.20 Å². The number of aryl methyl sites for hydroxylation is 2. The van der Waals surface area contributed by atoms with Crippen LogP contribution in [0.25, 0.3) is 0 Å². The van der Waals surface area contributed by atoms with Crippen molar-refractivity contribution in [2.45, 2.75) is 33.1 Å². The number of nitrogens with zero attached hydrogens (tertiary/aromatic N) is 2. The molecule has 0 aliphatic rings. The molecule has 0 radical (unpaired) electrons. The van der Waals surface area contributed by atoms with Gasteiger partial charge in [0.25, 0.3) is 0 Å². The van der Waals surface area contributed by atoms with E-state index in [2.05, 4.69) is 11.9 Å². The van der Waals surface area contributed by atoms with Crippen molar-refractivity contribution < 1.29 is 9.94 Å². The van der Waals surface area contributed by atoms with Gasteiger partial charge < -0.3 is 9.94 Å². The van der Waals surface area contributed by atoms with Gasteiger partial charge in [-0.25, -0.2) is 4.98 Å². The quantitative estimate of drug-likeness (QED) is 0.688. The average molecular weight is 184 g/mol. The number of hydrogen-bond acceptors (Lipinski definition) is 3. The molecule has 0 fully saturated rings. The summed E-state index contributed by atoms with van der Waals surface area (Å²) >= 11 is 0. The molecule has 0 unspecified atom stereocenters. The molecule has 0 spiro atoms. The highest BCUT2D eigenvalue weighted by atomic mass is 16.7. The van der Waals surface area contributed by atoms with Crippen LogP contribution in [0.1, 0.15) is 31.8 Å². The van der Waals surface area contributed by atoms with Crippen LogP contribution < -0.4 is 4.84 Å². The molecule has 0 aliphatic carbocycles. The van der Waals surface area contributed by atoms with Gasteiger partial charge in [-0.1, -0.05) is 13.8 Å². The molecule has 0 atom stereocenters. The molecule has 0 aliphatic heterocycles. The van der Waals surface area contributed by atoms with Crippen molar-refractivity contribution in [3.63, 3.8) is 0 Å². The van der Waals surface area contributed by atoms with Gasteiger partial charge in [0.05, 0.1) is 11.9 Å². The molecule has 4 nitrogen and oxygen atoms in total. The fourth-order valence-electron chi connectivity index (χ4n) is 1.19. The van der Waals surface area contributed by atoms with E-state index in [9.17, 15) is 0 Å². The Morgan fingerprint density at radius 2 is 2.31 bits per heavy atom. The van der Waals surface area contributed by atoms with E-state index in [1.807, 2.05) is 13.1 Å². The SMILES string of the molecule is CCCc1nc(CC)cn1OCO. The lowest BCUT2D eigenvalue weighted by Gasteiger charge is -2.04. The third kappa shape index (κ3) is 2.45. The van der Waals surface area contributed by atoms with Gasteiger partial charge in [-0.3, -0.25) is 0 Å². The highest BCUT2D eigenvalue weighted by Gasteiger charge is 2.05. The van der Waals surface area contributed by atoms with Crippen LogP contribution in [0.5, 0.6) is 0 Å². The maximum Gasteiger partial charge on any atom is 0.212 e.